The molecule has 0 saturated carbocycles. The fourth-order valence-corrected chi connectivity index (χ4v) is 7.96. The van der Waals surface area contributed by atoms with Crippen LogP contribution in [0.15, 0.2) is 217 Å². The summed E-state index contributed by atoms with van der Waals surface area (Å²) >= 11 is 0. The summed E-state index contributed by atoms with van der Waals surface area (Å²) in [7, 11) is 0. The second-order valence-electron chi connectivity index (χ2n) is 14.9. The van der Waals surface area contributed by atoms with Gasteiger partial charge in [-0.25, -0.2) is 15.0 Å². The van der Waals surface area contributed by atoms with Gasteiger partial charge in [0.2, 0.25) is 0 Å². The zero-order valence-corrected chi connectivity index (χ0v) is 32.0. The van der Waals surface area contributed by atoms with E-state index in [2.05, 4.69) is 200 Å². The van der Waals surface area contributed by atoms with Crippen molar-refractivity contribution < 1.29 is 4.42 Å². The summed E-state index contributed by atoms with van der Waals surface area (Å²) in [5.74, 6) is 1.86. The van der Waals surface area contributed by atoms with Crippen molar-refractivity contribution in [2.45, 2.75) is 0 Å². The standard InChI is InChI=1S/C55H35N3O/c1-3-9-36(10-4-1)39-15-22-42(23-16-39)53-56-54(43-24-17-40(18-25-43)46-28-21-38-13-7-8-14-45(38)33-46)58-55(57-53)44-26-19-41(20-27-44)48-30-32-50-49-31-29-47(37-11-5-2-6-12-37)34-51(49)59-52(50)35-48/h1-35H. The van der Waals surface area contributed by atoms with Crippen LogP contribution >= 0.6 is 0 Å². The molecule has 0 atom stereocenters. The van der Waals surface area contributed by atoms with E-state index in [0.717, 1.165) is 66.4 Å². The van der Waals surface area contributed by atoms with Gasteiger partial charge in [0.25, 0.3) is 0 Å². The molecule has 9 aromatic carbocycles. The van der Waals surface area contributed by atoms with E-state index in [1.165, 1.54) is 27.5 Å². The minimum Gasteiger partial charge on any atom is -0.456 e. The smallest absolute Gasteiger partial charge is 0.164 e. The molecule has 4 nitrogen and oxygen atoms in total. The third-order valence-electron chi connectivity index (χ3n) is 11.2. The minimum atomic E-state index is 0.615. The molecule has 2 aromatic heterocycles. The van der Waals surface area contributed by atoms with Gasteiger partial charge in [0.1, 0.15) is 11.2 Å². The summed E-state index contributed by atoms with van der Waals surface area (Å²) in [5.41, 5.74) is 13.6. The molecular formula is C55H35N3O. The van der Waals surface area contributed by atoms with Crippen LogP contribution in [-0.2, 0) is 0 Å². The number of nitrogens with zero attached hydrogens (tertiary/aromatic N) is 3. The Hall–Kier alpha value is -7.95. The Morgan fingerprint density at radius 1 is 0.237 bits per heavy atom. The second kappa shape index (κ2) is 14.5. The van der Waals surface area contributed by atoms with Crippen LogP contribution in [0.2, 0.25) is 0 Å². The highest BCUT2D eigenvalue weighted by atomic mass is 16.3. The topological polar surface area (TPSA) is 51.8 Å². The van der Waals surface area contributed by atoms with Crippen molar-refractivity contribution in [3.8, 4) is 78.7 Å². The molecule has 0 aliphatic carbocycles. The van der Waals surface area contributed by atoms with Gasteiger partial charge in [0.15, 0.2) is 17.5 Å². The second-order valence-corrected chi connectivity index (χ2v) is 14.9. The average molecular weight is 754 g/mol. The van der Waals surface area contributed by atoms with Gasteiger partial charge in [-0.3, -0.25) is 0 Å². The normalized spacial score (nSPS) is 11.4. The summed E-state index contributed by atoms with van der Waals surface area (Å²) in [4.78, 5) is 15.2. The lowest BCUT2D eigenvalue weighted by molar-refractivity contribution is 0.669. The maximum absolute atomic E-state index is 6.44. The van der Waals surface area contributed by atoms with E-state index < -0.39 is 0 Å². The van der Waals surface area contributed by atoms with E-state index in [0.29, 0.717) is 17.5 Å². The van der Waals surface area contributed by atoms with Crippen LogP contribution < -0.4 is 0 Å². The number of hydrogen-bond acceptors (Lipinski definition) is 4. The highest BCUT2D eigenvalue weighted by Crippen LogP contribution is 2.36. The lowest BCUT2D eigenvalue weighted by atomic mass is 10.00. The van der Waals surface area contributed by atoms with E-state index in [9.17, 15) is 0 Å². The van der Waals surface area contributed by atoms with Crippen molar-refractivity contribution in [3.05, 3.63) is 212 Å². The number of aromatic nitrogens is 3. The Morgan fingerprint density at radius 3 is 1.03 bits per heavy atom. The molecule has 2 heterocycles. The predicted octanol–water partition coefficient (Wildman–Crippen LogP) is 14.6. The van der Waals surface area contributed by atoms with Crippen molar-refractivity contribution in [1.82, 2.24) is 15.0 Å². The van der Waals surface area contributed by atoms with E-state index in [4.69, 9.17) is 19.4 Å². The number of rotatable bonds is 7. The first-order chi connectivity index (χ1) is 29.2. The quantitative estimate of drug-likeness (QED) is 0.163. The van der Waals surface area contributed by atoms with Crippen LogP contribution in [0, 0.1) is 0 Å². The third-order valence-corrected chi connectivity index (χ3v) is 11.2. The highest BCUT2D eigenvalue weighted by Gasteiger charge is 2.15. The van der Waals surface area contributed by atoms with Crippen LogP contribution in [0.5, 0.6) is 0 Å². The van der Waals surface area contributed by atoms with Crippen LogP contribution in [0.3, 0.4) is 0 Å². The fraction of sp³-hybridized carbons (Fsp3) is 0. The molecule has 0 unspecified atom stereocenters. The Kier molecular flexibility index (Phi) is 8.45. The van der Waals surface area contributed by atoms with Crippen molar-refractivity contribution >= 4 is 32.7 Å². The molecule has 0 spiro atoms. The first-order valence-corrected chi connectivity index (χ1v) is 19.8. The molecule has 0 N–H and O–H groups in total. The SMILES string of the molecule is c1ccc(-c2ccc(-c3nc(-c4ccc(-c5ccc6ccccc6c5)cc4)nc(-c4ccc(-c5ccc6c(c5)oc5cc(-c7ccccc7)ccc56)cc4)n3)cc2)cc1. The molecule has 0 aliphatic rings. The van der Waals surface area contributed by atoms with Crippen LogP contribution in [-0.4, -0.2) is 15.0 Å². The maximum atomic E-state index is 6.44. The van der Waals surface area contributed by atoms with Crippen molar-refractivity contribution in [1.29, 1.82) is 0 Å². The first-order valence-electron chi connectivity index (χ1n) is 19.8. The Labute approximate surface area is 341 Å². The van der Waals surface area contributed by atoms with Crippen molar-refractivity contribution in [2.24, 2.45) is 0 Å². The van der Waals surface area contributed by atoms with Crippen LogP contribution in [0.4, 0.5) is 0 Å². The van der Waals surface area contributed by atoms with E-state index in [1.807, 2.05) is 12.1 Å². The molecule has 11 aromatic rings. The molecule has 11 rings (SSSR count). The molecule has 59 heavy (non-hydrogen) atoms. The van der Waals surface area contributed by atoms with Crippen molar-refractivity contribution in [2.75, 3.05) is 0 Å². The lowest BCUT2D eigenvalue weighted by Gasteiger charge is -2.10. The Balaban J connectivity index is 0.938. The Morgan fingerprint density at radius 2 is 0.559 bits per heavy atom. The number of benzene rings is 9. The monoisotopic (exact) mass is 753 g/mol. The van der Waals surface area contributed by atoms with Gasteiger partial charge in [-0.15, -0.1) is 0 Å². The van der Waals surface area contributed by atoms with Gasteiger partial charge in [0.05, 0.1) is 0 Å². The lowest BCUT2D eigenvalue weighted by Crippen LogP contribution is -2.00. The van der Waals surface area contributed by atoms with E-state index >= 15 is 0 Å². The van der Waals surface area contributed by atoms with Gasteiger partial charge in [-0.05, 0) is 85.6 Å². The summed E-state index contributed by atoms with van der Waals surface area (Å²) in [6, 6.07) is 74.1. The third kappa shape index (κ3) is 6.63. The van der Waals surface area contributed by atoms with Gasteiger partial charge in [0, 0.05) is 27.5 Å². The fourth-order valence-electron chi connectivity index (χ4n) is 7.96. The van der Waals surface area contributed by atoms with Crippen LogP contribution in [0.25, 0.3) is 111 Å². The van der Waals surface area contributed by atoms with Gasteiger partial charge in [-0.2, -0.15) is 0 Å². The summed E-state index contributed by atoms with van der Waals surface area (Å²) in [5, 5.41) is 4.67. The predicted molar refractivity (Wildman–Crippen MR) is 243 cm³/mol. The molecule has 276 valence electrons. The molecular weight excluding hydrogens is 719 g/mol. The molecule has 0 aliphatic heterocycles. The first kappa shape index (κ1) is 34.3. The summed E-state index contributed by atoms with van der Waals surface area (Å²) in [6.07, 6.45) is 0. The molecule has 0 bridgehead atoms. The van der Waals surface area contributed by atoms with Gasteiger partial charge >= 0.3 is 0 Å². The van der Waals surface area contributed by atoms with Gasteiger partial charge < -0.3 is 4.42 Å². The number of furan rings is 1. The largest absolute Gasteiger partial charge is 0.456 e. The number of fused-ring (bicyclic) bond motifs is 4. The molecule has 0 saturated heterocycles. The van der Waals surface area contributed by atoms with E-state index in [1.54, 1.807) is 0 Å². The van der Waals surface area contributed by atoms with Crippen LogP contribution in [0.1, 0.15) is 0 Å². The Bertz CT molecular complexity index is 3280. The average Bonchev–Trinajstić information content (AvgIpc) is 3.69. The molecule has 0 fully saturated rings. The van der Waals surface area contributed by atoms with E-state index in [-0.39, 0.29) is 0 Å². The zero-order valence-electron chi connectivity index (χ0n) is 32.0. The number of hydrogen-bond donors (Lipinski definition) is 0. The van der Waals surface area contributed by atoms with Crippen molar-refractivity contribution in [3.63, 3.8) is 0 Å². The summed E-state index contributed by atoms with van der Waals surface area (Å²) < 4.78 is 6.44. The van der Waals surface area contributed by atoms with Gasteiger partial charge in [-0.1, -0.05) is 182 Å². The maximum Gasteiger partial charge on any atom is 0.164 e. The molecule has 0 amide bonds. The minimum absolute atomic E-state index is 0.615. The highest BCUT2D eigenvalue weighted by molar-refractivity contribution is 6.07. The molecule has 4 heteroatoms. The summed E-state index contributed by atoms with van der Waals surface area (Å²) in [6.45, 7) is 0. The molecule has 0 radical (unpaired) electrons. The zero-order chi connectivity index (χ0) is 39.1.